The van der Waals surface area contributed by atoms with Gasteiger partial charge in [-0.05, 0) is 17.0 Å². The van der Waals surface area contributed by atoms with Gasteiger partial charge in [0.25, 0.3) is 5.91 Å². The number of pyridine rings is 1. The Hall–Kier alpha value is -3.21. The van der Waals surface area contributed by atoms with E-state index in [9.17, 15) is 9.59 Å². The first-order chi connectivity index (χ1) is 11.7. The molecule has 0 fully saturated rings. The Kier molecular flexibility index (Phi) is 4.81. The van der Waals surface area contributed by atoms with Gasteiger partial charge in [0.1, 0.15) is 18.8 Å². The van der Waals surface area contributed by atoms with E-state index in [-0.39, 0.29) is 18.8 Å². The van der Waals surface area contributed by atoms with Gasteiger partial charge < -0.3 is 10.1 Å². The van der Waals surface area contributed by atoms with Crippen LogP contribution in [-0.4, -0.2) is 23.4 Å². The Labute approximate surface area is 139 Å². The highest BCUT2D eigenvalue weighted by atomic mass is 16.5. The van der Waals surface area contributed by atoms with Crippen LogP contribution >= 0.6 is 0 Å². The zero-order valence-corrected chi connectivity index (χ0v) is 12.9. The highest BCUT2D eigenvalue weighted by Gasteiger charge is 2.11. The van der Waals surface area contributed by atoms with E-state index in [0.717, 1.165) is 16.3 Å². The molecule has 3 aromatic rings. The SMILES string of the molecule is O=C(CNC(=O)c1cc2ccccc2cn1)OCc1ccccc1. The number of hydrogen-bond donors (Lipinski definition) is 1. The van der Waals surface area contributed by atoms with Gasteiger partial charge in [0, 0.05) is 11.6 Å². The molecule has 5 nitrogen and oxygen atoms in total. The highest BCUT2D eigenvalue weighted by molar-refractivity contribution is 5.97. The van der Waals surface area contributed by atoms with Gasteiger partial charge >= 0.3 is 5.97 Å². The summed E-state index contributed by atoms with van der Waals surface area (Å²) >= 11 is 0. The van der Waals surface area contributed by atoms with Gasteiger partial charge in [-0.3, -0.25) is 14.6 Å². The standard InChI is InChI=1S/C19H16N2O3/c22-18(24-13-14-6-2-1-3-7-14)12-21-19(23)17-10-15-8-4-5-9-16(15)11-20-17/h1-11H,12-13H2,(H,21,23). The van der Waals surface area contributed by atoms with E-state index in [2.05, 4.69) is 10.3 Å². The van der Waals surface area contributed by atoms with Crippen LogP contribution in [0.25, 0.3) is 10.8 Å². The molecule has 0 saturated carbocycles. The normalized spacial score (nSPS) is 10.3. The molecular formula is C19H16N2O3. The second-order valence-corrected chi connectivity index (χ2v) is 5.25. The van der Waals surface area contributed by atoms with Crippen molar-refractivity contribution in [1.82, 2.24) is 10.3 Å². The molecule has 0 spiro atoms. The summed E-state index contributed by atoms with van der Waals surface area (Å²) in [5.41, 5.74) is 1.16. The molecule has 24 heavy (non-hydrogen) atoms. The molecule has 1 heterocycles. The van der Waals surface area contributed by atoms with Crippen LogP contribution in [0.15, 0.2) is 66.9 Å². The molecule has 1 aromatic heterocycles. The molecule has 0 saturated heterocycles. The molecule has 0 radical (unpaired) electrons. The van der Waals surface area contributed by atoms with Gasteiger partial charge in [0.05, 0.1) is 0 Å². The molecule has 1 amide bonds. The number of nitrogens with zero attached hydrogens (tertiary/aromatic N) is 1. The van der Waals surface area contributed by atoms with Crippen molar-refractivity contribution in [2.24, 2.45) is 0 Å². The van der Waals surface area contributed by atoms with Gasteiger partial charge in [-0.25, -0.2) is 0 Å². The van der Waals surface area contributed by atoms with Crippen LogP contribution in [0.3, 0.4) is 0 Å². The topological polar surface area (TPSA) is 68.3 Å². The minimum absolute atomic E-state index is 0.184. The molecule has 1 N–H and O–H groups in total. The number of benzene rings is 2. The lowest BCUT2D eigenvalue weighted by atomic mass is 10.1. The number of fused-ring (bicyclic) bond motifs is 1. The van der Waals surface area contributed by atoms with Crippen molar-refractivity contribution in [2.45, 2.75) is 6.61 Å². The average molecular weight is 320 g/mol. The van der Waals surface area contributed by atoms with Crippen LogP contribution in [0.4, 0.5) is 0 Å². The Morgan fingerprint density at radius 2 is 1.67 bits per heavy atom. The number of carbonyl (C=O) groups is 2. The van der Waals surface area contributed by atoms with Gasteiger partial charge in [0.15, 0.2) is 0 Å². The lowest BCUT2D eigenvalue weighted by Crippen LogP contribution is -2.31. The third kappa shape index (κ3) is 3.95. The fourth-order valence-electron chi connectivity index (χ4n) is 2.24. The molecule has 2 aromatic carbocycles. The fraction of sp³-hybridized carbons (Fsp3) is 0.105. The van der Waals surface area contributed by atoms with E-state index in [1.807, 2.05) is 54.6 Å². The monoisotopic (exact) mass is 320 g/mol. The number of esters is 1. The highest BCUT2D eigenvalue weighted by Crippen LogP contribution is 2.13. The van der Waals surface area contributed by atoms with Gasteiger partial charge in [-0.2, -0.15) is 0 Å². The Bertz CT molecular complexity index is 863. The Balaban J connectivity index is 1.53. The van der Waals surface area contributed by atoms with Crippen LogP contribution in [-0.2, 0) is 16.1 Å². The van der Waals surface area contributed by atoms with Crippen molar-refractivity contribution >= 4 is 22.6 Å². The molecule has 0 bridgehead atoms. The number of ether oxygens (including phenoxy) is 1. The largest absolute Gasteiger partial charge is 0.460 e. The Morgan fingerprint density at radius 3 is 2.46 bits per heavy atom. The molecule has 120 valence electrons. The van der Waals surface area contributed by atoms with Crippen LogP contribution in [0.1, 0.15) is 16.1 Å². The predicted octanol–water partition coefficient (Wildman–Crippen LogP) is 2.71. The number of rotatable bonds is 5. The van der Waals surface area contributed by atoms with Gasteiger partial charge in [-0.15, -0.1) is 0 Å². The zero-order valence-electron chi connectivity index (χ0n) is 12.9. The van der Waals surface area contributed by atoms with E-state index < -0.39 is 11.9 Å². The fourth-order valence-corrected chi connectivity index (χ4v) is 2.24. The molecule has 0 atom stereocenters. The minimum atomic E-state index is -0.493. The van der Waals surface area contributed by atoms with Crippen LogP contribution in [0, 0.1) is 0 Å². The second-order valence-electron chi connectivity index (χ2n) is 5.25. The number of carbonyl (C=O) groups excluding carboxylic acids is 2. The average Bonchev–Trinajstić information content (AvgIpc) is 2.65. The number of hydrogen-bond acceptors (Lipinski definition) is 4. The summed E-state index contributed by atoms with van der Waals surface area (Å²) in [5.74, 6) is -0.898. The zero-order chi connectivity index (χ0) is 16.8. The smallest absolute Gasteiger partial charge is 0.325 e. The summed E-state index contributed by atoms with van der Waals surface area (Å²) in [5, 5.41) is 4.40. The third-order valence-electron chi connectivity index (χ3n) is 3.50. The van der Waals surface area contributed by atoms with E-state index in [0.29, 0.717) is 0 Å². The maximum atomic E-state index is 12.1. The number of aromatic nitrogens is 1. The molecule has 3 rings (SSSR count). The van der Waals surface area contributed by atoms with Crippen LogP contribution in [0.2, 0.25) is 0 Å². The summed E-state index contributed by atoms with van der Waals surface area (Å²) in [4.78, 5) is 27.9. The van der Waals surface area contributed by atoms with E-state index in [4.69, 9.17) is 4.74 Å². The second kappa shape index (κ2) is 7.37. The van der Waals surface area contributed by atoms with E-state index in [1.54, 1.807) is 12.3 Å². The molecule has 5 heteroatoms. The molecular weight excluding hydrogens is 304 g/mol. The molecule has 0 aliphatic heterocycles. The maximum absolute atomic E-state index is 12.1. The first-order valence-electron chi connectivity index (χ1n) is 7.55. The van der Waals surface area contributed by atoms with E-state index in [1.165, 1.54) is 0 Å². The summed E-state index contributed by atoms with van der Waals surface area (Å²) in [7, 11) is 0. The number of amides is 1. The predicted molar refractivity (Wildman–Crippen MR) is 90.3 cm³/mol. The lowest BCUT2D eigenvalue weighted by molar-refractivity contribution is -0.143. The van der Waals surface area contributed by atoms with Crippen molar-refractivity contribution in [2.75, 3.05) is 6.54 Å². The summed E-state index contributed by atoms with van der Waals surface area (Å²) in [6.07, 6.45) is 1.64. The molecule has 0 unspecified atom stereocenters. The van der Waals surface area contributed by atoms with Crippen LogP contribution in [0.5, 0.6) is 0 Å². The van der Waals surface area contributed by atoms with Crippen LogP contribution < -0.4 is 5.32 Å². The maximum Gasteiger partial charge on any atom is 0.325 e. The minimum Gasteiger partial charge on any atom is -0.460 e. The Morgan fingerprint density at radius 1 is 0.958 bits per heavy atom. The molecule has 0 aliphatic carbocycles. The first kappa shape index (κ1) is 15.7. The number of nitrogens with one attached hydrogen (secondary N) is 1. The third-order valence-corrected chi connectivity index (χ3v) is 3.50. The van der Waals surface area contributed by atoms with Gasteiger partial charge in [-0.1, -0.05) is 54.6 Å². The quantitative estimate of drug-likeness (QED) is 0.734. The van der Waals surface area contributed by atoms with E-state index >= 15 is 0 Å². The summed E-state index contributed by atoms with van der Waals surface area (Å²) < 4.78 is 5.11. The molecule has 0 aliphatic rings. The van der Waals surface area contributed by atoms with Crippen molar-refractivity contribution in [1.29, 1.82) is 0 Å². The van der Waals surface area contributed by atoms with Gasteiger partial charge in [0.2, 0.25) is 0 Å². The van der Waals surface area contributed by atoms with Crippen molar-refractivity contribution in [3.63, 3.8) is 0 Å². The summed E-state index contributed by atoms with van der Waals surface area (Å²) in [6, 6.07) is 18.7. The van der Waals surface area contributed by atoms with Crippen molar-refractivity contribution < 1.29 is 14.3 Å². The van der Waals surface area contributed by atoms with Crippen molar-refractivity contribution in [3.8, 4) is 0 Å². The first-order valence-corrected chi connectivity index (χ1v) is 7.55. The lowest BCUT2D eigenvalue weighted by Gasteiger charge is -2.07. The van der Waals surface area contributed by atoms with Crippen molar-refractivity contribution in [3.05, 3.63) is 78.1 Å². The summed E-state index contributed by atoms with van der Waals surface area (Å²) in [6.45, 7) is -0.00998.